The van der Waals surface area contributed by atoms with Gasteiger partial charge in [0.15, 0.2) is 0 Å². The van der Waals surface area contributed by atoms with Crippen LogP contribution in [0.25, 0.3) is 0 Å². The van der Waals surface area contributed by atoms with Crippen LogP contribution in [0.5, 0.6) is 5.75 Å². The smallest absolute Gasteiger partial charge is 0.133 e. The van der Waals surface area contributed by atoms with Gasteiger partial charge in [0.1, 0.15) is 5.75 Å². The highest BCUT2D eigenvalue weighted by molar-refractivity contribution is 8.21. The highest BCUT2D eigenvalue weighted by atomic mass is 35.7. The van der Waals surface area contributed by atoms with Crippen LogP contribution in [0.1, 0.15) is 26.3 Å². The molecule has 1 aromatic rings. The molecule has 3 heteroatoms. The number of hydrogen-bond donors (Lipinski definition) is 0. The Balaban J connectivity index is 0.000000791. The van der Waals surface area contributed by atoms with E-state index in [2.05, 4.69) is 19.1 Å². The molecule has 1 aromatic carbocycles. The molecule has 0 aliphatic rings. The zero-order valence-corrected chi connectivity index (χ0v) is 10.7. The molecule has 0 bridgehead atoms. The van der Waals surface area contributed by atoms with E-state index >= 15 is 0 Å². The summed E-state index contributed by atoms with van der Waals surface area (Å²) in [5, 5.41) is 0. The van der Waals surface area contributed by atoms with Crippen molar-refractivity contribution in [2.75, 3.05) is 7.11 Å². The first-order valence-corrected chi connectivity index (χ1v) is 6.41. The summed E-state index contributed by atoms with van der Waals surface area (Å²) in [6.07, 6.45) is 1.02. The summed E-state index contributed by atoms with van der Waals surface area (Å²) in [7, 11) is 8.52. The van der Waals surface area contributed by atoms with E-state index in [4.69, 9.17) is 15.4 Å². The minimum atomic E-state index is 0.840. The van der Waals surface area contributed by atoms with Gasteiger partial charge >= 0.3 is 0 Å². The van der Waals surface area contributed by atoms with Gasteiger partial charge in [-0.3, -0.25) is 0 Å². The summed E-state index contributed by atoms with van der Waals surface area (Å²) in [6, 6.07) is 6.05. The van der Waals surface area contributed by atoms with Gasteiger partial charge < -0.3 is 4.74 Å². The number of methoxy groups -OCH3 is 1. The lowest BCUT2D eigenvalue weighted by molar-refractivity contribution is 0.404. The van der Waals surface area contributed by atoms with Crippen molar-refractivity contribution in [1.82, 2.24) is 0 Å². The molecule has 0 N–H and O–H groups in total. The molecule has 14 heavy (non-hydrogen) atoms. The minimum absolute atomic E-state index is 0.840. The molecule has 80 valence electrons. The number of aryl methyl sites for hydroxylation is 1. The lowest BCUT2D eigenvalue weighted by Gasteiger charge is -2.05. The van der Waals surface area contributed by atoms with Gasteiger partial charge in [0.25, 0.3) is 0 Å². The summed E-state index contributed by atoms with van der Waals surface area (Å²) in [5.41, 5.74) is 1.28. The van der Waals surface area contributed by atoms with Crippen LogP contribution < -0.4 is 4.74 Å². The van der Waals surface area contributed by atoms with E-state index in [0.29, 0.717) is 0 Å². The predicted molar refractivity (Wildman–Crippen MR) is 65.4 cm³/mol. The normalized spacial score (nSPS) is 8.93. The second kappa shape index (κ2) is 8.01. The summed E-state index contributed by atoms with van der Waals surface area (Å²) >= 11 is 0. The van der Waals surface area contributed by atoms with E-state index in [0.717, 1.165) is 17.1 Å². The largest absolute Gasteiger partial charge is 0.496 e. The van der Waals surface area contributed by atoms with Gasteiger partial charge in [-0.1, -0.05) is 26.8 Å². The predicted octanol–water partition coefficient (Wildman–Crippen LogP) is 4.53. The van der Waals surface area contributed by atoms with Crippen molar-refractivity contribution in [1.29, 1.82) is 0 Å². The Morgan fingerprint density at radius 1 is 1.36 bits per heavy atom. The molecule has 0 aromatic heterocycles. The van der Waals surface area contributed by atoms with E-state index in [1.54, 1.807) is 7.11 Å². The third kappa shape index (κ3) is 3.81. The van der Waals surface area contributed by atoms with Gasteiger partial charge in [-0.25, -0.2) is 0 Å². The first-order chi connectivity index (χ1) is 6.81. The van der Waals surface area contributed by atoms with Crippen LogP contribution in [-0.4, -0.2) is 7.11 Å². The molecule has 0 radical (unpaired) electrons. The first-order valence-electron chi connectivity index (χ1n) is 4.77. The fourth-order valence-corrected chi connectivity index (χ4v) is 1.79. The van der Waals surface area contributed by atoms with Gasteiger partial charge in [0, 0.05) is 0 Å². The van der Waals surface area contributed by atoms with Gasteiger partial charge in [-0.05, 0) is 45.8 Å². The van der Waals surface area contributed by atoms with Gasteiger partial charge in [-0.15, -0.1) is 0 Å². The Kier molecular flexibility index (Phi) is 7.81. The van der Waals surface area contributed by atoms with Crippen LogP contribution in [0, 0.1) is 0 Å². The highest BCUT2D eigenvalue weighted by Gasteiger charge is 2.02. The summed E-state index contributed by atoms with van der Waals surface area (Å²) in [6.45, 7) is 6.12. The maximum absolute atomic E-state index is 5.68. The zero-order valence-electron chi connectivity index (χ0n) is 9.13. The quantitative estimate of drug-likeness (QED) is 0.757. The van der Waals surface area contributed by atoms with Crippen molar-refractivity contribution in [2.45, 2.75) is 32.1 Å². The molecule has 0 heterocycles. The Bertz CT molecular complexity index is 263. The van der Waals surface area contributed by atoms with Crippen molar-refractivity contribution < 1.29 is 4.74 Å². The van der Waals surface area contributed by atoms with Crippen LogP contribution >= 0.6 is 21.7 Å². The van der Waals surface area contributed by atoms with Crippen LogP contribution in [0.15, 0.2) is 23.1 Å². The molecule has 0 atom stereocenters. The Labute approximate surface area is 95.3 Å². The molecule has 1 rings (SSSR count). The molecule has 1 nitrogen and oxygen atoms in total. The molecule has 0 aliphatic heterocycles. The van der Waals surface area contributed by atoms with Crippen molar-refractivity contribution in [3.8, 4) is 5.75 Å². The van der Waals surface area contributed by atoms with Crippen molar-refractivity contribution in [3.63, 3.8) is 0 Å². The standard InChI is InChI=1S/C9H11ClOS.C2H6/c1-3-7-4-5-8(11-2)9(6-7)12-10;1-2/h4-6H,3H2,1-2H3;1-2H3. The third-order valence-corrected chi connectivity index (χ3v) is 2.70. The molecular formula is C11H17ClOS. The number of hydrogen-bond acceptors (Lipinski definition) is 2. The number of halogens is 1. The van der Waals surface area contributed by atoms with Crippen LogP contribution in [0.2, 0.25) is 0 Å². The van der Waals surface area contributed by atoms with Gasteiger partial charge in [0.05, 0.1) is 12.0 Å². The lowest BCUT2D eigenvalue weighted by Crippen LogP contribution is -1.87. The average molecular weight is 233 g/mol. The number of ether oxygens (including phenoxy) is 1. The topological polar surface area (TPSA) is 9.23 Å². The molecule has 0 unspecified atom stereocenters. The van der Waals surface area contributed by atoms with Crippen molar-refractivity contribution in [3.05, 3.63) is 23.8 Å². The van der Waals surface area contributed by atoms with Crippen LogP contribution in [-0.2, 0) is 6.42 Å². The SMILES string of the molecule is CC.CCc1ccc(OC)c(SCl)c1. The van der Waals surface area contributed by atoms with Crippen LogP contribution in [0.4, 0.5) is 0 Å². The summed E-state index contributed by atoms with van der Waals surface area (Å²) in [5.74, 6) is 0.840. The fraction of sp³-hybridized carbons (Fsp3) is 0.455. The van der Waals surface area contributed by atoms with Crippen LogP contribution in [0.3, 0.4) is 0 Å². The van der Waals surface area contributed by atoms with E-state index < -0.39 is 0 Å². The summed E-state index contributed by atoms with van der Waals surface area (Å²) in [4.78, 5) is 0.985. The molecule has 0 aliphatic carbocycles. The first kappa shape index (κ1) is 13.7. The van der Waals surface area contributed by atoms with Gasteiger partial charge in [0.2, 0.25) is 0 Å². The maximum Gasteiger partial charge on any atom is 0.133 e. The molecule has 0 saturated heterocycles. The van der Waals surface area contributed by atoms with E-state index in [1.165, 1.54) is 16.5 Å². The molecule has 0 spiro atoms. The van der Waals surface area contributed by atoms with E-state index in [-0.39, 0.29) is 0 Å². The minimum Gasteiger partial charge on any atom is -0.496 e. The number of rotatable bonds is 3. The van der Waals surface area contributed by atoms with Crippen molar-refractivity contribution in [2.24, 2.45) is 0 Å². The molecule has 0 fully saturated rings. The highest BCUT2D eigenvalue weighted by Crippen LogP contribution is 2.32. The Morgan fingerprint density at radius 3 is 2.43 bits per heavy atom. The number of benzene rings is 1. The molecule has 0 amide bonds. The Hall–Kier alpha value is -0.340. The zero-order chi connectivity index (χ0) is 11.0. The average Bonchev–Trinajstić information content (AvgIpc) is 2.30. The maximum atomic E-state index is 5.68. The van der Waals surface area contributed by atoms with Crippen molar-refractivity contribution >= 4 is 21.7 Å². The molecular weight excluding hydrogens is 216 g/mol. The fourth-order valence-electron chi connectivity index (χ4n) is 1.00. The third-order valence-electron chi connectivity index (χ3n) is 1.72. The van der Waals surface area contributed by atoms with Gasteiger partial charge in [-0.2, -0.15) is 0 Å². The van der Waals surface area contributed by atoms with E-state index in [1.807, 2.05) is 19.9 Å². The molecule has 0 saturated carbocycles. The van der Waals surface area contributed by atoms with E-state index in [9.17, 15) is 0 Å². The Morgan fingerprint density at radius 2 is 2.00 bits per heavy atom. The monoisotopic (exact) mass is 232 g/mol. The second-order valence-electron chi connectivity index (χ2n) is 2.42. The second-order valence-corrected chi connectivity index (χ2v) is 3.47. The lowest BCUT2D eigenvalue weighted by atomic mass is 10.2. The summed E-state index contributed by atoms with van der Waals surface area (Å²) < 4.78 is 5.13.